The molecule has 1 rings (SSSR count). The highest BCUT2D eigenvalue weighted by molar-refractivity contribution is 9.15. The van der Waals surface area contributed by atoms with Crippen LogP contribution in [0.2, 0.25) is 0 Å². The third-order valence-electron chi connectivity index (χ3n) is 1.63. The fourth-order valence-electron chi connectivity index (χ4n) is 1.02. The Morgan fingerprint density at radius 1 is 1.07 bits per heavy atom. The van der Waals surface area contributed by atoms with Crippen LogP contribution in [0.15, 0.2) is 30.3 Å². The van der Waals surface area contributed by atoms with E-state index in [0.29, 0.717) is 0 Å². The molecule has 0 aliphatic heterocycles. The quantitative estimate of drug-likeness (QED) is 0.659. The molecule has 0 unspecified atom stereocenters. The fourth-order valence-corrected chi connectivity index (χ4v) is 1.37. The Kier molecular flexibility index (Phi) is 3.49. The molecule has 0 saturated heterocycles. The lowest BCUT2D eigenvalue weighted by Gasteiger charge is -2.11. The summed E-state index contributed by atoms with van der Waals surface area (Å²) in [6, 6.07) is 4.13. The van der Waals surface area contributed by atoms with E-state index in [4.69, 9.17) is 0 Å². The third kappa shape index (κ3) is 2.77. The normalized spacial score (nSPS) is 11.3. The van der Waals surface area contributed by atoms with Crippen molar-refractivity contribution in [3.05, 3.63) is 41.5 Å². The molecule has 0 saturated carbocycles. The van der Waals surface area contributed by atoms with Crippen molar-refractivity contribution in [2.75, 3.05) is 0 Å². The van der Waals surface area contributed by atoms with E-state index in [0.717, 1.165) is 18.2 Å². The first-order valence-electron chi connectivity index (χ1n) is 3.71. The van der Waals surface area contributed by atoms with Gasteiger partial charge in [0.2, 0.25) is 0 Å². The number of halogens is 6. The molecule has 0 aliphatic rings. The van der Waals surface area contributed by atoms with E-state index >= 15 is 0 Å². The van der Waals surface area contributed by atoms with Crippen LogP contribution < -0.4 is 0 Å². The molecule has 0 radical (unpaired) electrons. The Morgan fingerprint density at radius 2 is 1.60 bits per heavy atom. The lowest BCUT2D eigenvalue weighted by atomic mass is 10.1. The Labute approximate surface area is 90.5 Å². The summed E-state index contributed by atoms with van der Waals surface area (Å²) >= 11 is 2.42. The molecule has 0 fully saturated rings. The lowest BCUT2D eigenvalue weighted by Crippen LogP contribution is -2.07. The Bertz CT molecular complexity index is 390. The molecule has 15 heavy (non-hydrogen) atoms. The predicted molar refractivity (Wildman–Crippen MR) is 49.5 cm³/mol. The second-order valence-electron chi connectivity index (χ2n) is 2.62. The molecule has 0 bridgehead atoms. The van der Waals surface area contributed by atoms with Gasteiger partial charge in [-0.1, -0.05) is 18.2 Å². The van der Waals surface area contributed by atoms with Crippen molar-refractivity contribution < 1.29 is 22.0 Å². The molecule has 0 atom stereocenters. The summed E-state index contributed by atoms with van der Waals surface area (Å²) in [7, 11) is 0. The second kappa shape index (κ2) is 4.30. The molecule has 0 nitrogen and oxygen atoms in total. The third-order valence-corrected chi connectivity index (χ3v) is 2.36. The summed E-state index contributed by atoms with van der Waals surface area (Å²) in [6.07, 6.45) is -6.84. The number of benzene rings is 1. The maximum absolute atomic E-state index is 12.4. The molecular formula is C9H4BrF5. The van der Waals surface area contributed by atoms with Crippen molar-refractivity contribution in [1.82, 2.24) is 0 Å². The summed E-state index contributed by atoms with van der Waals surface area (Å²) in [5, 5.41) is 0. The van der Waals surface area contributed by atoms with E-state index < -0.39 is 27.9 Å². The molecule has 1 aromatic rings. The van der Waals surface area contributed by atoms with Gasteiger partial charge in [0.15, 0.2) is 0 Å². The molecule has 0 aliphatic carbocycles. The molecule has 0 amide bonds. The van der Waals surface area contributed by atoms with Crippen LogP contribution in [0.3, 0.4) is 0 Å². The minimum Gasteiger partial charge on any atom is -0.172 e. The molecular weight excluding hydrogens is 283 g/mol. The largest absolute Gasteiger partial charge is 0.417 e. The first-order chi connectivity index (χ1) is 6.84. The van der Waals surface area contributed by atoms with Crippen LogP contribution >= 0.6 is 15.9 Å². The van der Waals surface area contributed by atoms with Crippen molar-refractivity contribution in [3.8, 4) is 0 Å². The maximum Gasteiger partial charge on any atom is 0.417 e. The predicted octanol–water partition coefficient (Wildman–Crippen LogP) is 4.67. The van der Waals surface area contributed by atoms with Crippen molar-refractivity contribution >= 4 is 20.4 Å². The van der Waals surface area contributed by atoms with Gasteiger partial charge >= 0.3 is 6.18 Å². The fraction of sp³-hybridized carbons (Fsp3) is 0.111. The monoisotopic (exact) mass is 286 g/mol. The van der Waals surface area contributed by atoms with E-state index in [1.165, 1.54) is 6.07 Å². The number of hydrogen-bond acceptors (Lipinski definition) is 0. The SMILES string of the molecule is FC(F)=C(Br)c1ccccc1C(F)(F)F. The van der Waals surface area contributed by atoms with Crippen molar-refractivity contribution in [1.29, 1.82) is 0 Å². The van der Waals surface area contributed by atoms with Gasteiger partial charge in [-0.2, -0.15) is 22.0 Å². The van der Waals surface area contributed by atoms with E-state index in [1.54, 1.807) is 0 Å². The number of hydrogen-bond donors (Lipinski definition) is 0. The van der Waals surface area contributed by atoms with Crippen molar-refractivity contribution in [2.45, 2.75) is 6.18 Å². The van der Waals surface area contributed by atoms with E-state index in [2.05, 4.69) is 15.9 Å². The lowest BCUT2D eigenvalue weighted by molar-refractivity contribution is -0.137. The van der Waals surface area contributed by atoms with Crippen LogP contribution in [-0.4, -0.2) is 0 Å². The van der Waals surface area contributed by atoms with Gasteiger partial charge in [-0.3, -0.25) is 0 Å². The summed E-state index contributed by atoms with van der Waals surface area (Å²) in [5.74, 6) is 0. The average Bonchev–Trinajstić information content (AvgIpc) is 2.15. The zero-order valence-electron chi connectivity index (χ0n) is 7.08. The minimum atomic E-state index is -4.65. The molecule has 0 heterocycles. The Morgan fingerprint density at radius 3 is 2.07 bits per heavy atom. The smallest absolute Gasteiger partial charge is 0.172 e. The summed E-state index contributed by atoms with van der Waals surface area (Å²) in [6.45, 7) is 0. The molecule has 0 N–H and O–H groups in total. The summed E-state index contributed by atoms with van der Waals surface area (Å²) < 4.78 is 60.6. The van der Waals surface area contributed by atoms with Gasteiger partial charge in [0.1, 0.15) is 0 Å². The standard InChI is InChI=1S/C9H4BrF5/c10-7(8(11)12)5-3-1-2-4-6(5)9(13,14)15/h1-4H. The minimum absolute atomic E-state index is 0.565. The topological polar surface area (TPSA) is 0 Å². The van der Waals surface area contributed by atoms with Crippen LogP contribution in [0.5, 0.6) is 0 Å². The van der Waals surface area contributed by atoms with Crippen LogP contribution in [-0.2, 0) is 6.18 Å². The molecule has 1 aromatic carbocycles. The highest BCUT2D eigenvalue weighted by atomic mass is 79.9. The van der Waals surface area contributed by atoms with Gasteiger partial charge in [-0.05, 0) is 22.0 Å². The van der Waals surface area contributed by atoms with Gasteiger partial charge in [0, 0.05) is 5.56 Å². The van der Waals surface area contributed by atoms with Crippen molar-refractivity contribution in [2.24, 2.45) is 0 Å². The van der Waals surface area contributed by atoms with Crippen LogP contribution in [0, 0.1) is 0 Å². The first-order valence-corrected chi connectivity index (χ1v) is 4.50. The molecule has 0 aromatic heterocycles. The molecule has 82 valence electrons. The van der Waals surface area contributed by atoms with Gasteiger partial charge in [0.25, 0.3) is 6.08 Å². The van der Waals surface area contributed by atoms with Crippen molar-refractivity contribution in [3.63, 3.8) is 0 Å². The van der Waals surface area contributed by atoms with E-state index in [-0.39, 0.29) is 0 Å². The van der Waals surface area contributed by atoms with Crippen LogP contribution in [0.4, 0.5) is 22.0 Å². The molecule has 6 heteroatoms. The zero-order chi connectivity index (χ0) is 11.6. The second-order valence-corrected chi connectivity index (χ2v) is 3.41. The Balaban J connectivity index is 3.38. The van der Waals surface area contributed by atoms with E-state index in [9.17, 15) is 22.0 Å². The highest BCUT2D eigenvalue weighted by Gasteiger charge is 2.34. The number of rotatable bonds is 1. The summed E-state index contributed by atoms with van der Waals surface area (Å²) in [4.78, 5) is 0. The zero-order valence-corrected chi connectivity index (χ0v) is 8.66. The highest BCUT2D eigenvalue weighted by Crippen LogP contribution is 2.38. The maximum atomic E-state index is 12.4. The van der Waals surface area contributed by atoms with Crippen LogP contribution in [0.25, 0.3) is 4.48 Å². The van der Waals surface area contributed by atoms with Gasteiger partial charge in [-0.15, -0.1) is 0 Å². The van der Waals surface area contributed by atoms with Gasteiger partial charge in [0.05, 0.1) is 10.0 Å². The number of alkyl halides is 3. The molecule has 0 spiro atoms. The van der Waals surface area contributed by atoms with E-state index in [1.807, 2.05) is 0 Å². The first kappa shape index (κ1) is 12.2. The summed E-state index contributed by atoms with van der Waals surface area (Å²) in [5.41, 5.74) is -1.66. The van der Waals surface area contributed by atoms with Gasteiger partial charge < -0.3 is 0 Å². The Hall–Kier alpha value is -0.910. The van der Waals surface area contributed by atoms with Crippen LogP contribution in [0.1, 0.15) is 11.1 Å². The van der Waals surface area contributed by atoms with Gasteiger partial charge in [-0.25, -0.2) is 0 Å². The average molecular weight is 287 g/mol.